The first kappa shape index (κ1) is 22.2. The number of pyridine rings is 1. The van der Waals surface area contributed by atoms with Crippen molar-refractivity contribution < 1.29 is 14.8 Å². The third-order valence-corrected chi connectivity index (χ3v) is 6.39. The molecule has 35 heavy (non-hydrogen) atoms. The van der Waals surface area contributed by atoms with E-state index < -0.39 is 10.8 Å². The van der Waals surface area contributed by atoms with Crippen molar-refractivity contribution in [2.24, 2.45) is 0 Å². The zero-order chi connectivity index (χ0) is 24.5. The Morgan fingerprint density at radius 3 is 2.46 bits per heavy atom. The molecule has 1 aliphatic heterocycles. The first-order chi connectivity index (χ1) is 17.0. The Morgan fingerprint density at radius 2 is 1.80 bits per heavy atom. The molecule has 1 atom stereocenters. The van der Waals surface area contributed by atoms with Gasteiger partial charge in [0.05, 0.1) is 4.92 Å². The van der Waals surface area contributed by atoms with E-state index in [1.165, 1.54) is 12.1 Å². The molecule has 3 aromatic rings. The summed E-state index contributed by atoms with van der Waals surface area (Å²) in [4.78, 5) is 29.9. The molecule has 1 aliphatic carbocycles. The molecule has 8 heteroatoms. The lowest BCUT2D eigenvalue weighted by Gasteiger charge is -2.41. The summed E-state index contributed by atoms with van der Waals surface area (Å²) in [7, 11) is 0. The topological polar surface area (TPSA) is 120 Å². The van der Waals surface area contributed by atoms with Crippen molar-refractivity contribution >= 4 is 28.8 Å². The lowest BCUT2D eigenvalue weighted by atomic mass is 9.74. The van der Waals surface area contributed by atoms with Gasteiger partial charge < -0.3 is 5.11 Å². The van der Waals surface area contributed by atoms with E-state index in [0.717, 1.165) is 0 Å². The van der Waals surface area contributed by atoms with E-state index in [9.17, 15) is 25.4 Å². The number of Topliss-reactive ketones (excluding diaryl/α,β-unsaturated/α-hetero) is 1. The Kier molecular flexibility index (Phi) is 5.70. The molecule has 174 valence electrons. The van der Waals surface area contributed by atoms with Crippen molar-refractivity contribution in [2.45, 2.75) is 25.2 Å². The van der Waals surface area contributed by atoms with Crippen LogP contribution in [0.5, 0.6) is 0 Å². The molecule has 0 fully saturated rings. The predicted molar refractivity (Wildman–Crippen MR) is 132 cm³/mol. The van der Waals surface area contributed by atoms with Gasteiger partial charge in [-0.1, -0.05) is 36.4 Å². The van der Waals surface area contributed by atoms with Gasteiger partial charge >= 0.3 is 0 Å². The molecule has 0 bridgehead atoms. The lowest BCUT2D eigenvalue weighted by molar-refractivity contribution is -0.384. The highest BCUT2D eigenvalue weighted by atomic mass is 16.6. The number of amidine groups is 1. The van der Waals surface area contributed by atoms with Crippen LogP contribution in [0.1, 0.15) is 36.3 Å². The van der Waals surface area contributed by atoms with Crippen LogP contribution in [0.25, 0.3) is 5.76 Å². The molecule has 0 saturated heterocycles. The number of nitrogens with one attached hydrogen (secondary N) is 1. The Labute approximate surface area is 201 Å². The highest BCUT2D eigenvalue weighted by Crippen LogP contribution is 2.47. The quantitative estimate of drug-likeness (QED) is 0.296. The smallest absolute Gasteiger partial charge is 0.269 e. The number of non-ortho nitro benzene ring substituents is 1. The highest BCUT2D eigenvalue weighted by molar-refractivity contribution is 6.19. The highest BCUT2D eigenvalue weighted by Gasteiger charge is 2.43. The van der Waals surface area contributed by atoms with E-state index in [1.54, 1.807) is 59.8 Å². The summed E-state index contributed by atoms with van der Waals surface area (Å²) in [5.74, 6) is -0.782. The van der Waals surface area contributed by atoms with Crippen LogP contribution in [0.2, 0.25) is 0 Å². The maximum Gasteiger partial charge on any atom is 0.269 e. The molecular weight excluding hydrogens is 444 g/mol. The first-order valence-electron chi connectivity index (χ1n) is 11.3. The minimum Gasteiger partial charge on any atom is -0.507 e. The van der Waals surface area contributed by atoms with E-state index in [0.29, 0.717) is 47.3 Å². The number of nitro benzene ring substituents is 1. The van der Waals surface area contributed by atoms with E-state index >= 15 is 0 Å². The number of hydrogen-bond acceptors (Lipinski definition) is 6. The van der Waals surface area contributed by atoms with Gasteiger partial charge in [-0.25, -0.2) is 0 Å². The SMILES string of the molecule is N=C1C(=C(O)c2ccccc2)[C@@H](c2cccnc2)C2=C(CCCC2=O)N1c1ccc([N+](=O)[O-])cc1. The number of hydrogen-bond donors (Lipinski definition) is 2. The molecule has 8 nitrogen and oxygen atoms in total. The van der Waals surface area contributed by atoms with Gasteiger partial charge in [-0.3, -0.25) is 30.2 Å². The van der Waals surface area contributed by atoms with Crippen LogP contribution < -0.4 is 4.90 Å². The zero-order valence-corrected chi connectivity index (χ0v) is 18.7. The summed E-state index contributed by atoms with van der Waals surface area (Å²) >= 11 is 0. The van der Waals surface area contributed by atoms with Gasteiger partial charge in [-0.05, 0) is 36.6 Å². The second kappa shape index (κ2) is 8.98. The molecule has 0 spiro atoms. The summed E-state index contributed by atoms with van der Waals surface area (Å²) in [6, 6.07) is 18.4. The van der Waals surface area contributed by atoms with Crippen molar-refractivity contribution in [3.63, 3.8) is 0 Å². The van der Waals surface area contributed by atoms with Crippen molar-refractivity contribution in [3.05, 3.63) is 117 Å². The molecule has 2 aliphatic rings. The van der Waals surface area contributed by atoms with Crippen LogP contribution in [0, 0.1) is 15.5 Å². The third kappa shape index (κ3) is 3.89. The normalized spacial score (nSPS) is 19.4. The molecule has 2 heterocycles. The van der Waals surface area contributed by atoms with Gasteiger partial charge in [0.25, 0.3) is 5.69 Å². The van der Waals surface area contributed by atoms with E-state index in [-0.39, 0.29) is 28.6 Å². The van der Waals surface area contributed by atoms with Gasteiger partial charge in [0.2, 0.25) is 0 Å². The Hall–Kier alpha value is -4.59. The van der Waals surface area contributed by atoms with Crippen LogP contribution in [-0.2, 0) is 4.79 Å². The summed E-state index contributed by atoms with van der Waals surface area (Å²) in [5.41, 5.74) is 3.18. The minimum absolute atomic E-state index is 0.0162. The van der Waals surface area contributed by atoms with Crippen LogP contribution in [-0.4, -0.2) is 26.6 Å². The monoisotopic (exact) mass is 466 g/mol. The number of allylic oxidation sites excluding steroid dienone is 2. The van der Waals surface area contributed by atoms with Gasteiger partial charge in [0.15, 0.2) is 5.78 Å². The number of aliphatic hydroxyl groups excluding tert-OH is 1. The first-order valence-corrected chi connectivity index (χ1v) is 11.3. The Bertz CT molecular complexity index is 1380. The van der Waals surface area contributed by atoms with Gasteiger partial charge in [-0.2, -0.15) is 0 Å². The average Bonchev–Trinajstić information content (AvgIpc) is 2.89. The maximum absolute atomic E-state index is 13.4. The number of carbonyl (C=O) groups excluding carboxylic acids is 1. The Balaban J connectivity index is 1.79. The third-order valence-electron chi connectivity index (χ3n) is 6.39. The van der Waals surface area contributed by atoms with Crippen LogP contribution >= 0.6 is 0 Å². The molecule has 0 unspecified atom stereocenters. The standard InChI is InChI=1S/C27H22N4O4/c28-27-25(26(33)17-6-2-1-3-7-17)23(18-8-5-15-29-16-18)24-21(9-4-10-22(24)32)30(27)19-11-13-20(14-12-19)31(34)35/h1-3,5-8,11-16,23,28,33H,4,9-10H2/t23-/m0/s1. The second-order valence-corrected chi connectivity index (χ2v) is 8.44. The van der Waals surface area contributed by atoms with Crippen LogP contribution in [0.3, 0.4) is 0 Å². The van der Waals surface area contributed by atoms with Gasteiger partial charge in [-0.15, -0.1) is 0 Å². The molecular formula is C27H22N4O4. The fraction of sp³-hybridized carbons (Fsp3) is 0.148. The van der Waals surface area contributed by atoms with Crippen molar-refractivity contribution in [3.8, 4) is 0 Å². The van der Waals surface area contributed by atoms with Crippen molar-refractivity contribution in [2.75, 3.05) is 4.90 Å². The summed E-state index contributed by atoms with van der Waals surface area (Å²) in [5, 5.41) is 31.9. The molecule has 2 N–H and O–H groups in total. The predicted octanol–water partition coefficient (Wildman–Crippen LogP) is 5.55. The van der Waals surface area contributed by atoms with E-state index in [4.69, 9.17) is 0 Å². The van der Waals surface area contributed by atoms with Gasteiger partial charge in [0.1, 0.15) is 11.6 Å². The average molecular weight is 466 g/mol. The maximum atomic E-state index is 13.4. The lowest BCUT2D eigenvalue weighted by Crippen LogP contribution is -2.42. The molecule has 5 rings (SSSR count). The molecule has 0 saturated carbocycles. The summed E-state index contributed by atoms with van der Waals surface area (Å²) < 4.78 is 0. The van der Waals surface area contributed by atoms with E-state index in [1.807, 2.05) is 12.1 Å². The zero-order valence-electron chi connectivity index (χ0n) is 18.7. The number of carbonyl (C=O) groups is 1. The second-order valence-electron chi connectivity index (χ2n) is 8.44. The van der Waals surface area contributed by atoms with Gasteiger partial charge in [0, 0.05) is 65.0 Å². The number of nitro groups is 1. The van der Waals surface area contributed by atoms with Crippen LogP contribution in [0.15, 0.2) is 96.0 Å². The number of ketones is 1. The Morgan fingerprint density at radius 1 is 1.06 bits per heavy atom. The largest absolute Gasteiger partial charge is 0.507 e. The molecule has 0 radical (unpaired) electrons. The summed E-state index contributed by atoms with van der Waals surface area (Å²) in [6.45, 7) is 0. The fourth-order valence-electron chi connectivity index (χ4n) is 4.83. The number of aromatic nitrogens is 1. The number of rotatable bonds is 4. The number of anilines is 1. The molecule has 2 aromatic carbocycles. The summed E-state index contributed by atoms with van der Waals surface area (Å²) in [6.07, 6.45) is 4.87. The molecule has 0 amide bonds. The fourth-order valence-corrected chi connectivity index (χ4v) is 4.83. The number of aliphatic hydroxyl groups is 1. The van der Waals surface area contributed by atoms with Crippen LogP contribution in [0.4, 0.5) is 11.4 Å². The minimum atomic E-state index is -0.659. The van der Waals surface area contributed by atoms with Crippen molar-refractivity contribution in [1.29, 1.82) is 5.41 Å². The molecule has 1 aromatic heterocycles. The number of nitrogens with zero attached hydrogens (tertiary/aromatic N) is 3. The number of benzene rings is 2. The van der Waals surface area contributed by atoms with E-state index in [2.05, 4.69) is 4.98 Å². The van der Waals surface area contributed by atoms with Crippen molar-refractivity contribution in [1.82, 2.24) is 4.98 Å².